The van der Waals surface area contributed by atoms with E-state index in [1.54, 1.807) is 0 Å². The molecular formula is C18H12F8N4OS. The quantitative estimate of drug-likeness (QED) is 0.410. The minimum absolute atomic E-state index is 0.0149. The molecule has 14 heteroatoms. The maximum absolute atomic E-state index is 14.5. The van der Waals surface area contributed by atoms with Crippen LogP contribution in [0, 0.1) is 11.6 Å². The normalized spacial score (nSPS) is 18.4. The Kier molecular flexibility index (Phi) is 5.79. The van der Waals surface area contributed by atoms with Gasteiger partial charge in [0.05, 0.1) is 41.7 Å². The van der Waals surface area contributed by atoms with Crippen LogP contribution in [0.4, 0.5) is 35.1 Å². The second kappa shape index (κ2) is 8.15. The Morgan fingerprint density at radius 3 is 2.38 bits per heavy atom. The Bertz CT molecular complexity index is 1130. The number of rotatable bonds is 3. The molecule has 0 bridgehead atoms. The Balaban J connectivity index is 1.83. The van der Waals surface area contributed by atoms with Gasteiger partial charge < -0.3 is 9.72 Å². The van der Waals surface area contributed by atoms with Crippen LogP contribution in [0.1, 0.15) is 5.56 Å². The maximum Gasteiger partial charge on any atom is 0.417 e. The number of halogens is 8. The number of fused-ring (bicyclic) bond motifs is 1. The molecular weight excluding hydrogens is 472 g/mol. The lowest BCUT2D eigenvalue weighted by Gasteiger charge is -2.34. The lowest BCUT2D eigenvalue weighted by atomic mass is 10.0. The van der Waals surface area contributed by atoms with E-state index in [1.165, 1.54) is 0 Å². The first kappa shape index (κ1) is 22.7. The maximum atomic E-state index is 14.5. The summed E-state index contributed by atoms with van der Waals surface area (Å²) in [6.07, 6.45) is -8.30. The van der Waals surface area contributed by atoms with Crippen molar-refractivity contribution in [2.24, 2.45) is 0 Å². The van der Waals surface area contributed by atoms with Gasteiger partial charge in [-0.2, -0.15) is 26.3 Å². The van der Waals surface area contributed by atoms with Gasteiger partial charge in [-0.15, -0.1) is 0 Å². The SMILES string of the molecule is Fc1cnc(-c2c(C(F)(F)F)cc(F)c3[nH]c(SN4CCOCC4C(F)(F)F)cc23)nc1. The Hall–Kier alpha value is -2.45. The highest BCUT2D eigenvalue weighted by Crippen LogP contribution is 2.43. The molecule has 3 aromatic rings. The zero-order valence-electron chi connectivity index (χ0n) is 15.7. The highest BCUT2D eigenvalue weighted by Gasteiger charge is 2.46. The summed E-state index contributed by atoms with van der Waals surface area (Å²) in [6.45, 7) is -0.715. The first-order chi connectivity index (χ1) is 14.9. The smallest absolute Gasteiger partial charge is 0.378 e. The second-order valence-electron chi connectivity index (χ2n) is 6.79. The molecule has 5 nitrogen and oxygen atoms in total. The number of benzene rings is 1. The van der Waals surface area contributed by atoms with Crippen LogP contribution < -0.4 is 0 Å². The van der Waals surface area contributed by atoms with E-state index in [-0.39, 0.29) is 35.1 Å². The minimum Gasteiger partial charge on any atom is -0.378 e. The van der Waals surface area contributed by atoms with E-state index in [4.69, 9.17) is 4.74 Å². The molecule has 172 valence electrons. The lowest BCUT2D eigenvalue weighted by molar-refractivity contribution is -0.194. The molecule has 1 fully saturated rings. The predicted octanol–water partition coefficient (Wildman–Crippen LogP) is 5.19. The first-order valence-electron chi connectivity index (χ1n) is 8.94. The lowest BCUT2D eigenvalue weighted by Crippen LogP contribution is -2.50. The third kappa shape index (κ3) is 4.38. The first-order valence-corrected chi connectivity index (χ1v) is 9.72. The van der Waals surface area contributed by atoms with Crippen molar-refractivity contribution in [1.82, 2.24) is 19.3 Å². The highest BCUT2D eigenvalue weighted by atomic mass is 32.2. The second-order valence-corrected chi connectivity index (χ2v) is 7.88. The van der Waals surface area contributed by atoms with Crippen molar-refractivity contribution >= 4 is 22.9 Å². The molecule has 1 aliphatic rings. The van der Waals surface area contributed by atoms with Gasteiger partial charge in [-0.25, -0.2) is 23.1 Å². The van der Waals surface area contributed by atoms with E-state index in [9.17, 15) is 35.1 Å². The molecule has 4 rings (SSSR count). The number of nitrogens with zero attached hydrogens (tertiary/aromatic N) is 3. The third-order valence-electron chi connectivity index (χ3n) is 4.66. The topological polar surface area (TPSA) is 54.0 Å². The third-order valence-corrected chi connectivity index (χ3v) is 5.75. The van der Waals surface area contributed by atoms with Crippen LogP contribution >= 0.6 is 11.9 Å². The molecule has 1 atom stereocenters. The van der Waals surface area contributed by atoms with Crippen LogP contribution in [-0.4, -0.2) is 51.2 Å². The van der Waals surface area contributed by atoms with Crippen molar-refractivity contribution in [3.63, 3.8) is 0 Å². The van der Waals surface area contributed by atoms with Crippen LogP contribution in [0.15, 0.2) is 29.6 Å². The van der Waals surface area contributed by atoms with Gasteiger partial charge in [0.15, 0.2) is 11.6 Å². The van der Waals surface area contributed by atoms with E-state index < -0.39 is 53.6 Å². The molecule has 3 heterocycles. The number of alkyl halides is 6. The van der Waals surface area contributed by atoms with E-state index in [0.29, 0.717) is 24.3 Å². The summed E-state index contributed by atoms with van der Waals surface area (Å²) < 4.78 is 114. The fraction of sp³-hybridized carbons (Fsp3) is 0.333. The molecule has 0 amide bonds. The molecule has 1 saturated heterocycles. The van der Waals surface area contributed by atoms with Gasteiger partial charge in [-0.1, -0.05) is 0 Å². The molecule has 0 aliphatic carbocycles. The molecule has 0 saturated carbocycles. The van der Waals surface area contributed by atoms with Gasteiger partial charge in [0.2, 0.25) is 0 Å². The minimum atomic E-state index is -5.00. The summed E-state index contributed by atoms with van der Waals surface area (Å²) in [5.74, 6) is -2.67. The standard InChI is InChI=1S/C18H12F8N4OS/c19-8-5-27-16(28-6-8)14-9-3-13(29-15(9)11(20)4-10(14)17(21,22)23)32-30-1-2-31-7-12(30)18(24,25)26/h3-6,12,29H,1-2,7H2. The number of aromatic nitrogens is 3. The van der Waals surface area contributed by atoms with Crippen molar-refractivity contribution in [3.8, 4) is 11.4 Å². The number of morpholine rings is 1. The van der Waals surface area contributed by atoms with Crippen molar-refractivity contribution in [3.05, 3.63) is 41.7 Å². The number of H-pyrrole nitrogens is 1. The Labute approximate surface area is 178 Å². The summed E-state index contributed by atoms with van der Waals surface area (Å²) in [6, 6.07) is -0.630. The van der Waals surface area contributed by atoms with E-state index in [1.807, 2.05) is 0 Å². The van der Waals surface area contributed by atoms with Gasteiger partial charge in [0.1, 0.15) is 11.9 Å². The van der Waals surface area contributed by atoms with Gasteiger partial charge in [-0.05, 0) is 24.1 Å². The summed E-state index contributed by atoms with van der Waals surface area (Å²) in [4.78, 5) is 9.66. The van der Waals surface area contributed by atoms with Crippen LogP contribution in [-0.2, 0) is 10.9 Å². The van der Waals surface area contributed by atoms with Gasteiger partial charge in [0.25, 0.3) is 0 Å². The zero-order valence-corrected chi connectivity index (χ0v) is 16.5. The number of nitrogens with one attached hydrogen (secondary N) is 1. The number of aromatic amines is 1. The predicted molar refractivity (Wildman–Crippen MR) is 97.5 cm³/mol. The molecule has 32 heavy (non-hydrogen) atoms. The van der Waals surface area contributed by atoms with Crippen LogP contribution in [0.3, 0.4) is 0 Å². The van der Waals surface area contributed by atoms with Gasteiger partial charge in [0, 0.05) is 17.5 Å². The van der Waals surface area contributed by atoms with E-state index in [2.05, 4.69) is 15.0 Å². The molecule has 2 aromatic heterocycles. The average molecular weight is 484 g/mol. The van der Waals surface area contributed by atoms with E-state index in [0.717, 1.165) is 10.4 Å². The van der Waals surface area contributed by atoms with Crippen molar-refractivity contribution in [1.29, 1.82) is 0 Å². The molecule has 1 aliphatic heterocycles. The monoisotopic (exact) mass is 484 g/mol. The highest BCUT2D eigenvalue weighted by molar-refractivity contribution is 7.97. The molecule has 0 spiro atoms. The van der Waals surface area contributed by atoms with Crippen LogP contribution in [0.5, 0.6) is 0 Å². The number of hydrogen-bond donors (Lipinski definition) is 1. The van der Waals surface area contributed by atoms with Crippen molar-refractivity contribution in [2.75, 3.05) is 19.8 Å². The number of hydrogen-bond acceptors (Lipinski definition) is 5. The zero-order chi connectivity index (χ0) is 23.3. The average Bonchev–Trinajstić information content (AvgIpc) is 3.12. The van der Waals surface area contributed by atoms with E-state index >= 15 is 0 Å². The van der Waals surface area contributed by atoms with Crippen LogP contribution in [0.25, 0.3) is 22.3 Å². The van der Waals surface area contributed by atoms with Crippen molar-refractivity contribution < 1.29 is 39.9 Å². The summed E-state index contributed by atoms with van der Waals surface area (Å²) in [7, 11) is 0. The van der Waals surface area contributed by atoms with Crippen LogP contribution in [0.2, 0.25) is 0 Å². The summed E-state index contributed by atoms with van der Waals surface area (Å²) in [5.41, 5.74) is -2.39. The van der Waals surface area contributed by atoms with Crippen molar-refractivity contribution in [2.45, 2.75) is 23.4 Å². The van der Waals surface area contributed by atoms with Gasteiger partial charge in [-0.3, -0.25) is 0 Å². The summed E-state index contributed by atoms with van der Waals surface area (Å²) in [5, 5.41) is -0.332. The fourth-order valence-corrected chi connectivity index (χ4v) is 4.31. The fourth-order valence-electron chi connectivity index (χ4n) is 3.27. The Morgan fingerprint density at radius 1 is 1.06 bits per heavy atom. The molecule has 1 N–H and O–H groups in total. The number of ether oxygens (including phenoxy) is 1. The Morgan fingerprint density at radius 2 is 1.75 bits per heavy atom. The molecule has 1 unspecified atom stereocenters. The molecule has 1 aromatic carbocycles. The van der Waals surface area contributed by atoms with Gasteiger partial charge >= 0.3 is 12.4 Å². The summed E-state index contributed by atoms with van der Waals surface area (Å²) >= 11 is 0.583. The molecule has 0 radical (unpaired) electrons. The largest absolute Gasteiger partial charge is 0.417 e.